The number of amides is 2. The average Bonchev–Trinajstić information content (AvgIpc) is 2.63. The summed E-state index contributed by atoms with van der Waals surface area (Å²) in [7, 11) is 1.55. The van der Waals surface area contributed by atoms with Gasteiger partial charge in [0.25, 0.3) is 5.91 Å². The van der Waals surface area contributed by atoms with Crippen LogP contribution < -0.4 is 10.1 Å². The molecule has 134 valence electrons. The minimum Gasteiger partial charge on any atom is -0.484 e. The van der Waals surface area contributed by atoms with Crippen molar-refractivity contribution >= 4 is 17.5 Å². The van der Waals surface area contributed by atoms with Crippen molar-refractivity contribution in [2.45, 2.75) is 13.8 Å². The van der Waals surface area contributed by atoms with E-state index in [2.05, 4.69) is 5.32 Å². The Morgan fingerprint density at radius 2 is 1.73 bits per heavy atom. The van der Waals surface area contributed by atoms with E-state index in [4.69, 9.17) is 10.00 Å². The summed E-state index contributed by atoms with van der Waals surface area (Å²) in [4.78, 5) is 25.6. The van der Waals surface area contributed by atoms with Crippen molar-refractivity contribution in [1.82, 2.24) is 4.90 Å². The molecule has 0 aliphatic heterocycles. The second kappa shape index (κ2) is 8.67. The van der Waals surface area contributed by atoms with Gasteiger partial charge in [0.2, 0.25) is 5.91 Å². The third kappa shape index (κ3) is 5.08. The van der Waals surface area contributed by atoms with Crippen molar-refractivity contribution in [3.63, 3.8) is 0 Å². The second-order valence-corrected chi connectivity index (χ2v) is 5.99. The maximum absolute atomic E-state index is 12.2. The summed E-state index contributed by atoms with van der Waals surface area (Å²) in [5.74, 6) is -0.0895. The van der Waals surface area contributed by atoms with E-state index < -0.39 is 0 Å². The maximum atomic E-state index is 12.2. The normalized spacial score (nSPS) is 9.92. The number of nitrogens with one attached hydrogen (secondary N) is 1. The highest BCUT2D eigenvalue weighted by Gasteiger charge is 2.15. The van der Waals surface area contributed by atoms with E-state index in [0.717, 1.165) is 16.8 Å². The SMILES string of the molecule is Cc1cccc(C)c1NC(=O)CN(C)C(=O)COc1ccc(C#N)cc1. The lowest BCUT2D eigenvalue weighted by Crippen LogP contribution is -2.37. The Balaban J connectivity index is 1.86. The van der Waals surface area contributed by atoms with Crippen molar-refractivity contribution in [3.8, 4) is 11.8 Å². The Bertz CT molecular complexity index is 818. The highest BCUT2D eigenvalue weighted by atomic mass is 16.5. The smallest absolute Gasteiger partial charge is 0.260 e. The molecule has 0 radical (unpaired) electrons. The van der Waals surface area contributed by atoms with Gasteiger partial charge in [0, 0.05) is 12.7 Å². The van der Waals surface area contributed by atoms with Crippen molar-refractivity contribution in [3.05, 3.63) is 59.2 Å². The zero-order valence-corrected chi connectivity index (χ0v) is 15.1. The van der Waals surface area contributed by atoms with Crippen molar-refractivity contribution in [1.29, 1.82) is 5.26 Å². The molecule has 0 bridgehead atoms. The summed E-state index contributed by atoms with van der Waals surface area (Å²) < 4.78 is 5.39. The number of aryl methyl sites for hydroxylation is 2. The van der Waals surface area contributed by atoms with Crippen LogP contribution in [0.2, 0.25) is 0 Å². The molecule has 26 heavy (non-hydrogen) atoms. The van der Waals surface area contributed by atoms with Crippen LogP contribution in [-0.2, 0) is 9.59 Å². The lowest BCUT2D eigenvalue weighted by molar-refractivity contribution is -0.135. The highest BCUT2D eigenvalue weighted by molar-refractivity contribution is 5.95. The number of benzene rings is 2. The van der Waals surface area contributed by atoms with Gasteiger partial charge in [0.15, 0.2) is 6.61 Å². The van der Waals surface area contributed by atoms with Crippen molar-refractivity contribution in [2.75, 3.05) is 25.5 Å². The minimum atomic E-state index is -0.314. The fourth-order valence-corrected chi connectivity index (χ4v) is 2.38. The Morgan fingerprint density at radius 3 is 2.31 bits per heavy atom. The van der Waals surface area contributed by atoms with Gasteiger partial charge in [-0.25, -0.2) is 0 Å². The molecule has 0 heterocycles. The van der Waals surface area contributed by atoms with E-state index in [9.17, 15) is 9.59 Å². The van der Waals surface area contributed by atoms with Gasteiger partial charge < -0.3 is 15.0 Å². The number of para-hydroxylation sites is 1. The summed E-state index contributed by atoms with van der Waals surface area (Å²) in [6.07, 6.45) is 0. The first-order valence-corrected chi connectivity index (χ1v) is 8.13. The van der Waals surface area contributed by atoms with Crippen LogP contribution >= 0.6 is 0 Å². The van der Waals surface area contributed by atoms with E-state index in [-0.39, 0.29) is 25.0 Å². The highest BCUT2D eigenvalue weighted by Crippen LogP contribution is 2.19. The quantitative estimate of drug-likeness (QED) is 0.867. The van der Waals surface area contributed by atoms with E-state index >= 15 is 0 Å². The summed E-state index contributed by atoms with van der Waals surface area (Å²) in [5.41, 5.74) is 3.23. The van der Waals surface area contributed by atoms with Crippen molar-refractivity contribution < 1.29 is 14.3 Å². The number of carbonyl (C=O) groups is 2. The molecule has 2 amide bonds. The molecule has 0 aliphatic carbocycles. The van der Waals surface area contributed by atoms with Gasteiger partial charge in [-0.05, 0) is 49.2 Å². The first-order valence-electron chi connectivity index (χ1n) is 8.13. The number of carbonyl (C=O) groups excluding carboxylic acids is 2. The van der Waals surface area contributed by atoms with E-state index in [1.54, 1.807) is 31.3 Å². The lowest BCUT2D eigenvalue weighted by atomic mass is 10.1. The Kier molecular flexibility index (Phi) is 6.34. The predicted octanol–water partition coefficient (Wildman–Crippen LogP) is 2.65. The molecule has 0 aromatic heterocycles. The number of hydrogen-bond acceptors (Lipinski definition) is 4. The van der Waals surface area contributed by atoms with Crippen LogP contribution in [0.5, 0.6) is 5.75 Å². The van der Waals surface area contributed by atoms with E-state index in [1.165, 1.54) is 4.90 Å². The Hall–Kier alpha value is -3.33. The number of rotatable bonds is 6. The molecule has 0 atom stereocenters. The largest absolute Gasteiger partial charge is 0.484 e. The average molecular weight is 351 g/mol. The molecule has 2 aromatic carbocycles. The minimum absolute atomic E-state index is 0.0661. The number of ether oxygens (including phenoxy) is 1. The number of hydrogen-bond donors (Lipinski definition) is 1. The van der Waals surface area contributed by atoms with Crippen LogP contribution in [0.4, 0.5) is 5.69 Å². The first-order chi connectivity index (χ1) is 12.4. The number of nitrogens with zero attached hydrogens (tertiary/aromatic N) is 2. The van der Waals surface area contributed by atoms with Crippen LogP contribution in [0.3, 0.4) is 0 Å². The van der Waals surface area contributed by atoms with Gasteiger partial charge in [-0.2, -0.15) is 5.26 Å². The monoisotopic (exact) mass is 351 g/mol. The van der Waals surface area contributed by atoms with Crippen LogP contribution in [0, 0.1) is 25.2 Å². The maximum Gasteiger partial charge on any atom is 0.260 e. The molecule has 0 saturated heterocycles. The fraction of sp³-hybridized carbons (Fsp3) is 0.250. The first kappa shape index (κ1) is 19.0. The lowest BCUT2D eigenvalue weighted by Gasteiger charge is -2.18. The van der Waals surface area contributed by atoms with E-state index in [0.29, 0.717) is 11.3 Å². The molecular weight excluding hydrogens is 330 g/mol. The van der Waals surface area contributed by atoms with Gasteiger partial charge >= 0.3 is 0 Å². The zero-order valence-electron chi connectivity index (χ0n) is 15.1. The second-order valence-electron chi connectivity index (χ2n) is 5.99. The van der Waals surface area contributed by atoms with Gasteiger partial charge in [-0.3, -0.25) is 9.59 Å². The number of anilines is 1. The molecule has 0 spiro atoms. The van der Waals surface area contributed by atoms with Gasteiger partial charge in [0.05, 0.1) is 18.2 Å². The van der Waals surface area contributed by atoms with Crippen LogP contribution in [0.25, 0.3) is 0 Å². The molecule has 0 aliphatic rings. The third-order valence-electron chi connectivity index (χ3n) is 3.90. The van der Waals surface area contributed by atoms with Crippen LogP contribution in [-0.4, -0.2) is 36.9 Å². The standard InChI is InChI=1S/C20H21N3O3/c1-14-5-4-6-15(2)20(14)22-18(24)12-23(3)19(25)13-26-17-9-7-16(11-21)8-10-17/h4-10H,12-13H2,1-3H3,(H,22,24). The molecule has 0 fully saturated rings. The molecule has 2 aromatic rings. The molecule has 6 nitrogen and oxygen atoms in total. The molecule has 2 rings (SSSR count). The fourth-order valence-electron chi connectivity index (χ4n) is 2.38. The van der Waals surface area contributed by atoms with Crippen molar-refractivity contribution in [2.24, 2.45) is 0 Å². The molecular formula is C20H21N3O3. The van der Waals surface area contributed by atoms with Crippen LogP contribution in [0.1, 0.15) is 16.7 Å². The molecule has 6 heteroatoms. The Morgan fingerprint density at radius 1 is 1.12 bits per heavy atom. The topological polar surface area (TPSA) is 82.4 Å². The molecule has 0 saturated carbocycles. The predicted molar refractivity (Wildman–Crippen MR) is 98.8 cm³/mol. The summed E-state index contributed by atoms with van der Waals surface area (Å²) in [6.45, 7) is 3.59. The summed E-state index contributed by atoms with van der Waals surface area (Å²) in [5, 5.41) is 11.6. The third-order valence-corrected chi connectivity index (χ3v) is 3.90. The van der Waals surface area contributed by atoms with Gasteiger partial charge in [0.1, 0.15) is 5.75 Å². The summed E-state index contributed by atoms with van der Waals surface area (Å²) in [6, 6.07) is 14.3. The summed E-state index contributed by atoms with van der Waals surface area (Å²) >= 11 is 0. The Labute approximate surface area is 153 Å². The molecule has 0 unspecified atom stereocenters. The van der Waals surface area contributed by atoms with Gasteiger partial charge in [-0.1, -0.05) is 18.2 Å². The number of nitriles is 1. The van der Waals surface area contributed by atoms with E-state index in [1.807, 2.05) is 38.1 Å². The van der Waals surface area contributed by atoms with Gasteiger partial charge in [-0.15, -0.1) is 0 Å². The number of likely N-dealkylation sites (N-methyl/N-ethyl adjacent to an activating group) is 1. The zero-order chi connectivity index (χ0) is 19.1. The van der Waals surface area contributed by atoms with Crippen LogP contribution in [0.15, 0.2) is 42.5 Å². The molecule has 1 N–H and O–H groups in total.